The molecule has 0 aliphatic carbocycles. The van der Waals surface area contributed by atoms with Gasteiger partial charge in [-0.05, 0) is 30.2 Å². The van der Waals surface area contributed by atoms with Crippen LogP contribution in [-0.2, 0) is 6.42 Å². The second kappa shape index (κ2) is 4.33. The van der Waals surface area contributed by atoms with Crippen molar-refractivity contribution < 1.29 is 0 Å². The van der Waals surface area contributed by atoms with E-state index in [1.165, 1.54) is 16.9 Å². The molecule has 0 unspecified atom stereocenters. The van der Waals surface area contributed by atoms with E-state index < -0.39 is 0 Å². The fourth-order valence-electron chi connectivity index (χ4n) is 1.52. The molecule has 4 heteroatoms. The standard InChI is InChI=1S/C12H11N3S/c1-8-2-3-9(6-13)4-10(8)5-11-7-15-12(14)16-11/h2-4,7H,5H2,1H3,(H2,14,15). The third kappa shape index (κ3) is 2.20. The van der Waals surface area contributed by atoms with Crippen LogP contribution in [0.2, 0.25) is 0 Å². The van der Waals surface area contributed by atoms with Crippen LogP contribution in [0.1, 0.15) is 21.6 Å². The summed E-state index contributed by atoms with van der Waals surface area (Å²) in [6.45, 7) is 2.04. The first-order valence-electron chi connectivity index (χ1n) is 4.89. The first kappa shape index (κ1) is 10.7. The molecule has 0 radical (unpaired) electrons. The molecule has 0 aliphatic rings. The molecule has 16 heavy (non-hydrogen) atoms. The number of aromatic nitrogens is 1. The van der Waals surface area contributed by atoms with Crippen LogP contribution in [-0.4, -0.2) is 4.98 Å². The van der Waals surface area contributed by atoms with Crippen LogP contribution in [0.25, 0.3) is 0 Å². The number of benzene rings is 1. The highest BCUT2D eigenvalue weighted by Gasteiger charge is 2.04. The van der Waals surface area contributed by atoms with Gasteiger partial charge in [0.1, 0.15) is 0 Å². The maximum absolute atomic E-state index is 8.84. The Kier molecular flexibility index (Phi) is 2.88. The van der Waals surface area contributed by atoms with Crippen LogP contribution in [0.15, 0.2) is 24.4 Å². The number of hydrogen-bond acceptors (Lipinski definition) is 4. The lowest BCUT2D eigenvalue weighted by Gasteiger charge is -2.03. The minimum atomic E-state index is 0.587. The highest BCUT2D eigenvalue weighted by Crippen LogP contribution is 2.21. The predicted molar refractivity (Wildman–Crippen MR) is 65.2 cm³/mol. The summed E-state index contributed by atoms with van der Waals surface area (Å²) in [5.41, 5.74) is 8.62. The molecule has 1 heterocycles. The van der Waals surface area contributed by atoms with Crippen LogP contribution in [0.3, 0.4) is 0 Å². The zero-order chi connectivity index (χ0) is 11.5. The molecule has 80 valence electrons. The van der Waals surface area contributed by atoms with Crippen LogP contribution in [0, 0.1) is 18.3 Å². The highest BCUT2D eigenvalue weighted by molar-refractivity contribution is 7.15. The molecule has 0 aliphatic heterocycles. The molecule has 2 N–H and O–H groups in total. The van der Waals surface area contributed by atoms with E-state index in [9.17, 15) is 0 Å². The summed E-state index contributed by atoms with van der Waals surface area (Å²) in [6.07, 6.45) is 2.58. The highest BCUT2D eigenvalue weighted by atomic mass is 32.1. The van der Waals surface area contributed by atoms with Crippen LogP contribution < -0.4 is 5.73 Å². The number of hydrogen-bond donors (Lipinski definition) is 1. The lowest BCUT2D eigenvalue weighted by Crippen LogP contribution is -1.90. The van der Waals surface area contributed by atoms with E-state index in [1.54, 1.807) is 6.20 Å². The Hall–Kier alpha value is -1.86. The largest absolute Gasteiger partial charge is 0.375 e. The Balaban J connectivity index is 2.30. The lowest BCUT2D eigenvalue weighted by molar-refractivity contribution is 1.17. The van der Waals surface area contributed by atoms with Crippen molar-refractivity contribution in [2.45, 2.75) is 13.3 Å². The van der Waals surface area contributed by atoms with Gasteiger partial charge in [0.05, 0.1) is 11.6 Å². The van der Waals surface area contributed by atoms with Crippen LogP contribution in [0.5, 0.6) is 0 Å². The molecule has 0 saturated carbocycles. The van der Waals surface area contributed by atoms with Crippen LogP contribution >= 0.6 is 11.3 Å². The molecule has 0 atom stereocenters. The van der Waals surface area contributed by atoms with Crippen molar-refractivity contribution in [2.75, 3.05) is 5.73 Å². The van der Waals surface area contributed by atoms with Crippen molar-refractivity contribution in [3.05, 3.63) is 46.0 Å². The normalized spacial score (nSPS) is 10.0. The Morgan fingerprint density at radius 3 is 2.94 bits per heavy atom. The number of nitrogens with two attached hydrogens (primary N) is 1. The third-order valence-electron chi connectivity index (χ3n) is 2.41. The number of nitrogens with zero attached hydrogens (tertiary/aromatic N) is 2. The van der Waals surface area contributed by atoms with Crippen molar-refractivity contribution in [2.24, 2.45) is 0 Å². The summed E-state index contributed by atoms with van der Waals surface area (Å²) in [4.78, 5) is 5.14. The topological polar surface area (TPSA) is 62.7 Å². The fourth-order valence-corrected chi connectivity index (χ4v) is 2.23. The van der Waals surface area contributed by atoms with E-state index in [0.717, 1.165) is 16.9 Å². The van der Waals surface area contributed by atoms with Gasteiger partial charge < -0.3 is 5.73 Å². The molecule has 0 bridgehead atoms. The lowest BCUT2D eigenvalue weighted by atomic mass is 10.0. The van der Waals surface area contributed by atoms with Gasteiger partial charge >= 0.3 is 0 Å². The zero-order valence-corrected chi connectivity index (χ0v) is 9.71. The minimum Gasteiger partial charge on any atom is -0.375 e. The predicted octanol–water partition coefficient (Wildman–Crippen LogP) is 2.50. The molecule has 0 fully saturated rings. The van der Waals surface area contributed by atoms with Gasteiger partial charge in [-0.2, -0.15) is 5.26 Å². The monoisotopic (exact) mass is 229 g/mol. The van der Waals surface area contributed by atoms with E-state index in [4.69, 9.17) is 11.0 Å². The number of rotatable bonds is 2. The molecule has 0 amide bonds. The van der Waals surface area contributed by atoms with Gasteiger partial charge in [0.25, 0.3) is 0 Å². The SMILES string of the molecule is Cc1ccc(C#N)cc1Cc1cnc(N)s1. The molecule has 1 aromatic carbocycles. The molecular formula is C12H11N3S. The summed E-state index contributed by atoms with van der Waals surface area (Å²) in [7, 11) is 0. The Morgan fingerprint density at radius 1 is 1.50 bits per heavy atom. The number of anilines is 1. The van der Waals surface area contributed by atoms with Crippen molar-refractivity contribution in [3.8, 4) is 6.07 Å². The van der Waals surface area contributed by atoms with Gasteiger partial charge in [0, 0.05) is 17.5 Å². The number of aryl methyl sites for hydroxylation is 1. The smallest absolute Gasteiger partial charge is 0.180 e. The van der Waals surface area contributed by atoms with Crippen LogP contribution in [0.4, 0.5) is 5.13 Å². The summed E-state index contributed by atoms with van der Waals surface area (Å²) >= 11 is 1.49. The van der Waals surface area contributed by atoms with E-state index in [2.05, 4.69) is 11.1 Å². The van der Waals surface area contributed by atoms with Crippen molar-refractivity contribution in [1.82, 2.24) is 4.98 Å². The quantitative estimate of drug-likeness (QED) is 0.860. The van der Waals surface area contributed by atoms with Gasteiger partial charge in [0.2, 0.25) is 0 Å². The van der Waals surface area contributed by atoms with Crippen molar-refractivity contribution in [3.63, 3.8) is 0 Å². The van der Waals surface area contributed by atoms with Gasteiger partial charge in [-0.25, -0.2) is 4.98 Å². The van der Waals surface area contributed by atoms with E-state index in [0.29, 0.717) is 10.7 Å². The number of nitriles is 1. The van der Waals surface area contributed by atoms with Gasteiger partial charge in [0.15, 0.2) is 5.13 Å². The molecular weight excluding hydrogens is 218 g/mol. The summed E-state index contributed by atoms with van der Waals surface area (Å²) in [5.74, 6) is 0. The maximum Gasteiger partial charge on any atom is 0.180 e. The number of nitrogen functional groups attached to an aromatic ring is 1. The summed E-state index contributed by atoms with van der Waals surface area (Å²) in [6, 6.07) is 7.87. The van der Waals surface area contributed by atoms with E-state index >= 15 is 0 Å². The summed E-state index contributed by atoms with van der Waals surface area (Å²) < 4.78 is 0. The zero-order valence-electron chi connectivity index (χ0n) is 8.90. The van der Waals surface area contributed by atoms with E-state index in [1.807, 2.05) is 25.1 Å². The number of thiazole rings is 1. The van der Waals surface area contributed by atoms with Gasteiger partial charge in [-0.15, -0.1) is 11.3 Å². The molecule has 1 aromatic heterocycles. The Morgan fingerprint density at radius 2 is 2.31 bits per heavy atom. The summed E-state index contributed by atoms with van der Waals surface area (Å²) in [5, 5.41) is 9.43. The maximum atomic E-state index is 8.84. The van der Waals surface area contributed by atoms with Gasteiger partial charge in [-0.3, -0.25) is 0 Å². The molecule has 0 spiro atoms. The van der Waals surface area contributed by atoms with Crippen molar-refractivity contribution in [1.29, 1.82) is 5.26 Å². The second-order valence-corrected chi connectivity index (χ2v) is 4.74. The molecule has 2 rings (SSSR count). The molecule has 0 saturated heterocycles. The first-order valence-corrected chi connectivity index (χ1v) is 5.70. The Labute approximate surface area is 98.2 Å². The third-order valence-corrected chi connectivity index (χ3v) is 3.24. The van der Waals surface area contributed by atoms with E-state index in [-0.39, 0.29) is 0 Å². The van der Waals surface area contributed by atoms with Gasteiger partial charge in [-0.1, -0.05) is 6.07 Å². The average Bonchev–Trinajstić information content (AvgIpc) is 2.67. The fraction of sp³-hybridized carbons (Fsp3) is 0.167. The first-order chi connectivity index (χ1) is 7.69. The Bertz CT molecular complexity index is 552. The molecule has 2 aromatic rings. The average molecular weight is 229 g/mol. The van der Waals surface area contributed by atoms with Crippen molar-refractivity contribution >= 4 is 16.5 Å². The minimum absolute atomic E-state index is 0.587. The molecule has 3 nitrogen and oxygen atoms in total. The second-order valence-electron chi connectivity index (χ2n) is 3.59.